The number of carbonyl (C=O) groups excluding carboxylic acids is 1. The van der Waals surface area contributed by atoms with E-state index in [2.05, 4.69) is 17.1 Å². The minimum absolute atomic E-state index is 0. The maximum absolute atomic E-state index is 12.8. The molecule has 0 aromatic carbocycles. The van der Waals surface area contributed by atoms with E-state index < -0.39 is 0 Å². The fraction of sp³-hybridized carbons (Fsp3) is 0.895. The molecule has 1 saturated carbocycles. The smallest absolute Gasteiger partial charge is 0.230 e. The first kappa shape index (κ1) is 21.7. The Kier molecular flexibility index (Phi) is 7.59. The van der Waals surface area contributed by atoms with Gasteiger partial charge in [-0.25, -0.2) is 0 Å². The van der Waals surface area contributed by atoms with Crippen molar-refractivity contribution in [3.05, 3.63) is 0 Å². The van der Waals surface area contributed by atoms with Gasteiger partial charge < -0.3 is 19.9 Å². The average molecular weight is 478 g/mol. The van der Waals surface area contributed by atoms with Crippen LogP contribution in [0.25, 0.3) is 0 Å². The third-order valence-electron chi connectivity index (χ3n) is 6.21. The number of aliphatic imine (C=N–C) groups is 1. The fourth-order valence-electron chi connectivity index (χ4n) is 4.71. The minimum atomic E-state index is -0.294. The molecule has 26 heavy (non-hydrogen) atoms. The monoisotopic (exact) mass is 478 g/mol. The molecule has 0 aromatic rings. The van der Waals surface area contributed by atoms with E-state index in [4.69, 9.17) is 9.73 Å². The Balaban J connectivity index is 0.00000243. The summed E-state index contributed by atoms with van der Waals surface area (Å²) in [4.78, 5) is 21.8. The zero-order valence-corrected chi connectivity index (χ0v) is 18.9. The lowest BCUT2D eigenvalue weighted by molar-refractivity contribution is -0.138. The first-order valence-corrected chi connectivity index (χ1v) is 9.83. The predicted molar refractivity (Wildman–Crippen MR) is 115 cm³/mol. The summed E-state index contributed by atoms with van der Waals surface area (Å²) in [5.41, 5.74) is 0.0265. The van der Waals surface area contributed by atoms with Crippen LogP contribution < -0.4 is 5.32 Å². The molecule has 1 aliphatic carbocycles. The van der Waals surface area contributed by atoms with Gasteiger partial charge in [0.25, 0.3) is 0 Å². The quantitative estimate of drug-likeness (QED) is 0.383. The van der Waals surface area contributed by atoms with Gasteiger partial charge in [0.1, 0.15) is 0 Å². The number of rotatable bonds is 4. The summed E-state index contributed by atoms with van der Waals surface area (Å²) >= 11 is 0. The van der Waals surface area contributed by atoms with Gasteiger partial charge in [-0.05, 0) is 32.6 Å². The van der Waals surface area contributed by atoms with Gasteiger partial charge >= 0.3 is 0 Å². The zero-order valence-electron chi connectivity index (χ0n) is 16.6. The van der Waals surface area contributed by atoms with E-state index in [9.17, 15) is 4.79 Å². The van der Waals surface area contributed by atoms with Crippen LogP contribution in [-0.2, 0) is 9.53 Å². The Hall–Kier alpha value is -0.570. The molecule has 3 rings (SSSR count). The molecule has 1 amide bonds. The van der Waals surface area contributed by atoms with Gasteiger partial charge in [0, 0.05) is 45.8 Å². The van der Waals surface area contributed by atoms with Gasteiger partial charge in [0.2, 0.25) is 5.91 Å². The minimum Gasteiger partial charge on any atom is -0.381 e. The molecule has 2 heterocycles. The SMILES string of the molecule is CCNC(=NCC1(C(=O)N(C)C)CCCC1)N1CCC2(CCOC2)C1.I. The van der Waals surface area contributed by atoms with Crippen molar-refractivity contribution in [2.24, 2.45) is 15.8 Å². The molecule has 1 atom stereocenters. The van der Waals surface area contributed by atoms with Gasteiger partial charge in [0.15, 0.2) is 5.96 Å². The molecule has 0 bridgehead atoms. The molecule has 6 nitrogen and oxygen atoms in total. The van der Waals surface area contributed by atoms with Crippen molar-refractivity contribution in [1.29, 1.82) is 0 Å². The average Bonchev–Trinajstić information content (AvgIpc) is 3.34. The van der Waals surface area contributed by atoms with Gasteiger partial charge in [-0.15, -0.1) is 24.0 Å². The molecule has 1 N–H and O–H groups in total. The Morgan fingerprint density at radius 3 is 2.54 bits per heavy atom. The molecule has 150 valence electrons. The van der Waals surface area contributed by atoms with Crippen molar-refractivity contribution in [2.45, 2.75) is 45.4 Å². The van der Waals surface area contributed by atoms with E-state index in [1.807, 2.05) is 14.1 Å². The number of carbonyl (C=O) groups is 1. The van der Waals surface area contributed by atoms with Crippen LogP contribution >= 0.6 is 24.0 Å². The van der Waals surface area contributed by atoms with E-state index in [1.54, 1.807) is 4.90 Å². The number of likely N-dealkylation sites (tertiary alicyclic amines) is 1. The molecular weight excluding hydrogens is 443 g/mol. The highest BCUT2D eigenvalue weighted by Gasteiger charge is 2.44. The summed E-state index contributed by atoms with van der Waals surface area (Å²) in [6.07, 6.45) is 6.53. The van der Waals surface area contributed by atoms with Crippen molar-refractivity contribution in [1.82, 2.24) is 15.1 Å². The Morgan fingerprint density at radius 1 is 1.23 bits per heavy atom. The highest BCUT2D eigenvalue weighted by molar-refractivity contribution is 14.0. The predicted octanol–water partition coefficient (Wildman–Crippen LogP) is 2.33. The summed E-state index contributed by atoms with van der Waals surface area (Å²) < 4.78 is 5.65. The van der Waals surface area contributed by atoms with E-state index in [1.165, 1.54) is 6.42 Å². The molecule has 0 radical (unpaired) electrons. The molecule has 2 aliphatic heterocycles. The second kappa shape index (κ2) is 9.08. The molecule has 3 aliphatic rings. The summed E-state index contributed by atoms with van der Waals surface area (Å²) in [5.74, 6) is 1.22. The first-order chi connectivity index (χ1) is 12.0. The second-order valence-corrected chi connectivity index (χ2v) is 8.33. The number of nitrogens with zero attached hydrogens (tertiary/aromatic N) is 3. The second-order valence-electron chi connectivity index (χ2n) is 8.33. The van der Waals surface area contributed by atoms with Crippen LogP contribution in [0.3, 0.4) is 0 Å². The highest BCUT2D eigenvalue weighted by Crippen LogP contribution is 2.41. The molecule has 1 unspecified atom stereocenters. The van der Waals surface area contributed by atoms with Gasteiger partial charge in [-0.3, -0.25) is 9.79 Å². The fourth-order valence-corrected chi connectivity index (χ4v) is 4.71. The lowest BCUT2D eigenvalue weighted by Gasteiger charge is -2.30. The van der Waals surface area contributed by atoms with Crippen molar-refractivity contribution < 1.29 is 9.53 Å². The standard InChI is InChI=1S/C19H34N4O2.HI/c1-4-20-17(23-11-9-18(14-23)10-12-25-15-18)21-13-19(7-5-6-8-19)16(24)22(2)3;/h4-15H2,1-3H3,(H,20,21);1H. The number of halogens is 1. The van der Waals surface area contributed by atoms with Gasteiger partial charge in [-0.2, -0.15) is 0 Å². The van der Waals surface area contributed by atoms with Crippen LogP contribution in [0, 0.1) is 10.8 Å². The van der Waals surface area contributed by atoms with E-state index in [0.29, 0.717) is 12.0 Å². The highest BCUT2D eigenvalue weighted by atomic mass is 127. The summed E-state index contributed by atoms with van der Waals surface area (Å²) in [6.45, 7) is 7.39. The van der Waals surface area contributed by atoms with Gasteiger partial charge in [0.05, 0.1) is 18.6 Å². The van der Waals surface area contributed by atoms with Crippen LogP contribution in [0.1, 0.15) is 45.4 Å². The maximum Gasteiger partial charge on any atom is 0.230 e. The lowest BCUT2D eigenvalue weighted by Crippen LogP contribution is -2.44. The van der Waals surface area contributed by atoms with Crippen LogP contribution in [0.4, 0.5) is 0 Å². The largest absolute Gasteiger partial charge is 0.381 e. The number of hydrogen-bond donors (Lipinski definition) is 1. The van der Waals surface area contributed by atoms with Crippen LogP contribution in [0.5, 0.6) is 0 Å². The molecule has 3 fully saturated rings. The van der Waals surface area contributed by atoms with Crippen molar-refractivity contribution >= 4 is 35.8 Å². The van der Waals surface area contributed by atoms with Crippen LogP contribution in [-0.4, -0.2) is 75.2 Å². The van der Waals surface area contributed by atoms with Crippen molar-refractivity contribution in [2.75, 3.05) is 53.5 Å². The molecular formula is C19H35IN4O2. The molecule has 7 heteroatoms. The van der Waals surface area contributed by atoms with Crippen LogP contribution in [0.2, 0.25) is 0 Å². The van der Waals surface area contributed by atoms with E-state index >= 15 is 0 Å². The van der Waals surface area contributed by atoms with Crippen molar-refractivity contribution in [3.8, 4) is 0 Å². The lowest BCUT2D eigenvalue weighted by atomic mass is 9.85. The molecule has 2 saturated heterocycles. The number of nitrogens with one attached hydrogen (secondary N) is 1. The number of hydrogen-bond acceptors (Lipinski definition) is 3. The zero-order chi connectivity index (χ0) is 17.9. The first-order valence-electron chi connectivity index (χ1n) is 9.83. The van der Waals surface area contributed by atoms with Crippen LogP contribution in [0.15, 0.2) is 4.99 Å². The third-order valence-corrected chi connectivity index (χ3v) is 6.21. The molecule has 0 aromatic heterocycles. The Morgan fingerprint density at radius 2 is 1.96 bits per heavy atom. The normalized spacial score (nSPS) is 27.7. The van der Waals surface area contributed by atoms with E-state index in [-0.39, 0.29) is 35.3 Å². The van der Waals surface area contributed by atoms with Gasteiger partial charge in [-0.1, -0.05) is 12.8 Å². The summed E-state index contributed by atoms with van der Waals surface area (Å²) in [6, 6.07) is 0. The third kappa shape index (κ3) is 4.46. The Bertz CT molecular complexity index is 512. The van der Waals surface area contributed by atoms with E-state index in [0.717, 1.165) is 70.9 Å². The Labute approximate surface area is 175 Å². The molecule has 1 spiro atoms. The topological polar surface area (TPSA) is 57.2 Å². The number of ether oxygens (including phenoxy) is 1. The van der Waals surface area contributed by atoms with Crippen molar-refractivity contribution in [3.63, 3.8) is 0 Å². The summed E-state index contributed by atoms with van der Waals surface area (Å²) in [7, 11) is 3.73. The number of guanidine groups is 1. The maximum atomic E-state index is 12.8. The summed E-state index contributed by atoms with van der Waals surface area (Å²) in [5, 5.41) is 3.45. The number of amides is 1.